The molecule has 6 nitrogen and oxygen atoms in total. The van der Waals surface area contributed by atoms with Gasteiger partial charge in [0, 0.05) is 0 Å². The molecule has 0 saturated heterocycles. The number of aryl methyl sites for hydroxylation is 1. The van der Waals surface area contributed by atoms with Crippen molar-refractivity contribution in [1.82, 2.24) is 0 Å². The van der Waals surface area contributed by atoms with Crippen molar-refractivity contribution in [2.75, 3.05) is 19.5 Å². The van der Waals surface area contributed by atoms with Gasteiger partial charge in [-0.2, -0.15) is 8.42 Å². The zero-order valence-corrected chi connectivity index (χ0v) is 15.5. The van der Waals surface area contributed by atoms with Crippen LogP contribution in [0.1, 0.15) is 39.2 Å². The average molecular weight is 358 g/mol. The monoisotopic (exact) mass is 358 g/mol. The number of carbonyl (C=O) groups is 1. The first kappa shape index (κ1) is 20.4. The fourth-order valence-corrected chi connectivity index (χ4v) is 2.47. The predicted molar refractivity (Wildman–Crippen MR) is 91.5 cm³/mol. The van der Waals surface area contributed by atoms with E-state index in [1.165, 1.54) is 0 Å². The van der Waals surface area contributed by atoms with Crippen molar-refractivity contribution in [2.24, 2.45) is 0 Å². The Kier molecular flexibility index (Phi) is 7.69. The minimum absolute atomic E-state index is 0.138. The van der Waals surface area contributed by atoms with Gasteiger partial charge in [-0.05, 0) is 50.8 Å². The van der Waals surface area contributed by atoms with Crippen LogP contribution >= 0.6 is 0 Å². The number of rotatable bonds is 10. The molecule has 0 aliphatic carbocycles. The summed E-state index contributed by atoms with van der Waals surface area (Å²) < 4.78 is 37.5. The molecule has 0 saturated carbocycles. The average Bonchev–Trinajstić information content (AvgIpc) is 2.51. The summed E-state index contributed by atoms with van der Waals surface area (Å²) in [6.07, 6.45) is 2.73. The molecule has 7 heteroatoms. The molecule has 0 N–H and O–H groups in total. The first-order chi connectivity index (χ1) is 11.2. The second-order valence-electron chi connectivity index (χ2n) is 5.68. The Bertz CT molecular complexity index is 640. The van der Waals surface area contributed by atoms with Gasteiger partial charge in [-0.15, -0.1) is 0 Å². The third kappa shape index (κ3) is 6.88. The van der Waals surface area contributed by atoms with Crippen LogP contribution in [0.15, 0.2) is 24.3 Å². The van der Waals surface area contributed by atoms with Crippen LogP contribution in [0.4, 0.5) is 0 Å². The maximum absolute atomic E-state index is 12.1. The van der Waals surface area contributed by atoms with Crippen molar-refractivity contribution in [2.45, 2.75) is 45.6 Å². The number of hydrogen-bond acceptors (Lipinski definition) is 6. The van der Waals surface area contributed by atoms with Crippen LogP contribution in [0.5, 0.6) is 5.75 Å². The highest BCUT2D eigenvalue weighted by molar-refractivity contribution is 7.85. The highest BCUT2D eigenvalue weighted by atomic mass is 32.2. The van der Waals surface area contributed by atoms with E-state index in [1.807, 2.05) is 25.1 Å². The first-order valence-corrected chi connectivity index (χ1v) is 9.81. The van der Waals surface area contributed by atoms with Crippen molar-refractivity contribution >= 4 is 16.1 Å². The number of benzene rings is 1. The number of hydrogen-bond donors (Lipinski definition) is 0. The molecule has 0 aliphatic heterocycles. The summed E-state index contributed by atoms with van der Waals surface area (Å²) in [7, 11) is -3.41. The summed E-state index contributed by atoms with van der Waals surface area (Å²) in [6, 6.07) is 7.38. The van der Waals surface area contributed by atoms with Crippen molar-refractivity contribution in [3.8, 4) is 5.75 Å². The Morgan fingerprint density at radius 3 is 2.54 bits per heavy atom. The molecule has 1 aromatic carbocycles. The molecular formula is C17H26O6S. The smallest absolute Gasteiger partial charge is 0.350 e. The molecular weight excluding hydrogens is 332 g/mol. The van der Waals surface area contributed by atoms with Crippen LogP contribution in [-0.4, -0.2) is 39.5 Å². The van der Waals surface area contributed by atoms with E-state index in [2.05, 4.69) is 0 Å². The van der Waals surface area contributed by atoms with E-state index < -0.39 is 15.7 Å². The SMILES string of the molecule is CCOC(=O)C(C)(CC)Oc1cccc(CCCOS(C)(=O)=O)c1. The van der Waals surface area contributed by atoms with Crippen LogP contribution in [0, 0.1) is 0 Å². The van der Waals surface area contributed by atoms with Gasteiger partial charge in [-0.3, -0.25) is 4.18 Å². The van der Waals surface area contributed by atoms with Crippen LogP contribution in [0.3, 0.4) is 0 Å². The maximum Gasteiger partial charge on any atom is 0.350 e. The summed E-state index contributed by atoms with van der Waals surface area (Å²) >= 11 is 0. The van der Waals surface area contributed by atoms with E-state index >= 15 is 0 Å². The zero-order chi connectivity index (χ0) is 18.2. The third-order valence-corrected chi connectivity index (χ3v) is 4.13. The standard InChI is InChI=1S/C17H26O6S/c1-5-17(3,16(18)21-6-2)23-15-11-7-9-14(13-15)10-8-12-22-24(4,19)20/h7,9,11,13H,5-6,8,10,12H2,1-4H3. The zero-order valence-electron chi connectivity index (χ0n) is 14.7. The molecule has 24 heavy (non-hydrogen) atoms. The fourth-order valence-electron chi connectivity index (χ4n) is 2.05. The van der Waals surface area contributed by atoms with Gasteiger partial charge in [-0.25, -0.2) is 4.79 Å². The Morgan fingerprint density at radius 1 is 1.25 bits per heavy atom. The van der Waals surface area contributed by atoms with E-state index in [0.717, 1.165) is 11.8 Å². The van der Waals surface area contributed by atoms with Gasteiger partial charge in [-0.1, -0.05) is 19.1 Å². The van der Waals surface area contributed by atoms with Gasteiger partial charge in [0.25, 0.3) is 10.1 Å². The van der Waals surface area contributed by atoms with Gasteiger partial charge in [0.2, 0.25) is 5.60 Å². The summed E-state index contributed by atoms with van der Waals surface area (Å²) in [6.45, 7) is 5.77. The molecule has 1 unspecified atom stereocenters. The summed E-state index contributed by atoms with van der Waals surface area (Å²) in [5.41, 5.74) is -0.0551. The van der Waals surface area contributed by atoms with E-state index in [-0.39, 0.29) is 12.6 Å². The molecule has 0 heterocycles. The lowest BCUT2D eigenvalue weighted by molar-refractivity contribution is -0.160. The highest BCUT2D eigenvalue weighted by Gasteiger charge is 2.35. The Hall–Kier alpha value is -1.60. The molecule has 0 fully saturated rings. The largest absolute Gasteiger partial charge is 0.476 e. The topological polar surface area (TPSA) is 78.9 Å². The highest BCUT2D eigenvalue weighted by Crippen LogP contribution is 2.24. The molecule has 1 rings (SSSR count). The molecule has 0 amide bonds. The first-order valence-electron chi connectivity index (χ1n) is 7.99. The third-order valence-electron chi connectivity index (χ3n) is 3.53. The lowest BCUT2D eigenvalue weighted by atomic mass is 10.0. The fraction of sp³-hybridized carbons (Fsp3) is 0.588. The van der Waals surface area contributed by atoms with E-state index in [0.29, 0.717) is 31.6 Å². The van der Waals surface area contributed by atoms with Crippen LogP contribution in [0.2, 0.25) is 0 Å². The number of carbonyl (C=O) groups excluding carboxylic acids is 1. The summed E-state index contributed by atoms with van der Waals surface area (Å²) in [5, 5.41) is 0. The summed E-state index contributed by atoms with van der Waals surface area (Å²) in [4.78, 5) is 12.1. The van der Waals surface area contributed by atoms with Gasteiger partial charge in [0.05, 0.1) is 19.5 Å². The molecule has 0 spiro atoms. The van der Waals surface area contributed by atoms with Crippen LogP contribution < -0.4 is 4.74 Å². The van der Waals surface area contributed by atoms with Crippen molar-refractivity contribution in [3.63, 3.8) is 0 Å². The lowest BCUT2D eigenvalue weighted by Gasteiger charge is -2.27. The van der Waals surface area contributed by atoms with E-state index in [9.17, 15) is 13.2 Å². The Morgan fingerprint density at radius 2 is 1.96 bits per heavy atom. The molecule has 0 bridgehead atoms. The van der Waals surface area contributed by atoms with Crippen molar-refractivity contribution in [3.05, 3.63) is 29.8 Å². The van der Waals surface area contributed by atoms with E-state index in [1.54, 1.807) is 19.9 Å². The lowest BCUT2D eigenvalue weighted by Crippen LogP contribution is -2.42. The molecule has 136 valence electrons. The van der Waals surface area contributed by atoms with E-state index in [4.69, 9.17) is 13.7 Å². The van der Waals surface area contributed by atoms with Crippen molar-refractivity contribution in [1.29, 1.82) is 0 Å². The Balaban J connectivity index is 2.68. The van der Waals surface area contributed by atoms with Gasteiger partial charge in [0.1, 0.15) is 5.75 Å². The quantitative estimate of drug-likeness (QED) is 0.363. The maximum atomic E-state index is 12.1. The molecule has 0 aromatic heterocycles. The van der Waals surface area contributed by atoms with Gasteiger partial charge < -0.3 is 9.47 Å². The predicted octanol–water partition coefficient (Wildman–Crippen LogP) is 2.71. The number of esters is 1. The summed E-state index contributed by atoms with van der Waals surface area (Å²) in [5.74, 6) is 0.188. The second kappa shape index (κ2) is 9.03. The molecule has 1 atom stereocenters. The van der Waals surface area contributed by atoms with Crippen LogP contribution in [0.25, 0.3) is 0 Å². The minimum atomic E-state index is -3.41. The minimum Gasteiger partial charge on any atom is -0.476 e. The molecule has 1 aromatic rings. The Labute approximate surface area is 144 Å². The van der Waals surface area contributed by atoms with Gasteiger partial charge in [0.15, 0.2) is 0 Å². The second-order valence-corrected chi connectivity index (χ2v) is 7.33. The van der Waals surface area contributed by atoms with Gasteiger partial charge >= 0.3 is 5.97 Å². The molecule has 0 aliphatic rings. The molecule has 0 radical (unpaired) electrons. The number of ether oxygens (including phenoxy) is 2. The van der Waals surface area contributed by atoms with Crippen LogP contribution in [-0.2, 0) is 30.3 Å². The van der Waals surface area contributed by atoms with Crippen molar-refractivity contribution < 1.29 is 26.9 Å². The normalized spacial score (nSPS) is 14.0.